The topological polar surface area (TPSA) is 30.2 Å². The number of fused-ring (bicyclic) bond motifs is 1. The fourth-order valence-electron chi connectivity index (χ4n) is 2.72. The van der Waals surface area contributed by atoms with Gasteiger partial charge >= 0.3 is 0 Å². The summed E-state index contributed by atoms with van der Waals surface area (Å²) in [6.45, 7) is 5.48. The van der Waals surface area contributed by atoms with Crippen molar-refractivity contribution in [1.29, 1.82) is 0 Å². The highest BCUT2D eigenvalue weighted by atomic mass is 19.1. The van der Waals surface area contributed by atoms with Crippen molar-refractivity contribution >= 4 is 16.6 Å². The number of rotatable bonds is 2. The van der Waals surface area contributed by atoms with E-state index in [9.17, 15) is 9.18 Å². The van der Waals surface area contributed by atoms with Gasteiger partial charge in [-0.25, -0.2) is 4.39 Å². The molecule has 0 spiro atoms. The lowest BCUT2D eigenvalue weighted by Gasteiger charge is -2.07. The summed E-state index contributed by atoms with van der Waals surface area (Å²) in [5.74, 6) is 0.891. The van der Waals surface area contributed by atoms with Gasteiger partial charge in [-0.05, 0) is 38.3 Å². The molecule has 2 nitrogen and oxygen atoms in total. The Bertz CT molecular complexity index is 859. The van der Waals surface area contributed by atoms with Crippen LogP contribution in [0.3, 0.4) is 0 Å². The minimum atomic E-state index is -0.320. The molecule has 0 saturated carbocycles. The van der Waals surface area contributed by atoms with Crippen LogP contribution in [0.4, 0.5) is 4.39 Å². The summed E-state index contributed by atoms with van der Waals surface area (Å²) in [4.78, 5) is 12.8. The third-order valence-electron chi connectivity index (χ3n) is 3.90. The fraction of sp³-hybridized carbons (Fsp3) is 0.167. The van der Waals surface area contributed by atoms with Crippen LogP contribution in [0.25, 0.3) is 10.8 Å². The molecule has 3 heteroatoms. The normalized spacial score (nSPS) is 11.0. The van der Waals surface area contributed by atoms with Gasteiger partial charge in [-0.1, -0.05) is 24.3 Å². The number of aryl methyl sites for hydroxylation is 2. The SMILES string of the molecule is Cc1oc(C)c(C(=O)c2ccc(F)c3ccccc23)c1C. The summed E-state index contributed by atoms with van der Waals surface area (Å²) < 4.78 is 19.4. The molecule has 1 aromatic heterocycles. The van der Waals surface area contributed by atoms with E-state index in [1.54, 1.807) is 37.3 Å². The van der Waals surface area contributed by atoms with Gasteiger partial charge in [-0.2, -0.15) is 0 Å². The summed E-state index contributed by atoms with van der Waals surface area (Å²) in [5, 5.41) is 1.08. The van der Waals surface area contributed by atoms with E-state index in [-0.39, 0.29) is 11.6 Å². The van der Waals surface area contributed by atoms with E-state index in [1.165, 1.54) is 6.07 Å². The molecule has 3 aromatic rings. The molecule has 0 saturated heterocycles. The molecule has 0 N–H and O–H groups in total. The van der Waals surface area contributed by atoms with Crippen LogP contribution >= 0.6 is 0 Å². The molecule has 1 heterocycles. The minimum Gasteiger partial charge on any atom is -0.466 e. The van der Waals surface area contributed by atoms with Gasteiger partial charge in [-0.15, -0.1) is 0 Å². The van der Waals surface area contributed by atoms with Crippen molar-refractivity contribution in [3.63, 3.8) is 0 Å². The van der Waals surface area contributed by atoms with Crippen molar-refractivity contribution in [1.82, 2.24) is 0 Å². The molecule has 0 radical (unpaired) electrons. The molecule has 106 valence electrons. The molecule has 0 bridgehead atoms. The number of benzene rings is 2. The summed E-state index contributed by atoms with van der Waals surface area (Å²) in [7, 11) is 0. The number of furan rings is 1. The van der Waals surface area contributed by atoms with Crippen molar-refractivity contribution in [3.05, 3.63) is 70.4 Å². The van der Waals surface area contributed by atoms with E-state index >= 15 is 0 Å². The second-order valence-electron chi connectivity index (χ2n) is 5.18. The van der Waals surface area contributed by atoms with Gasteiger partial charge in [0, 0.05) is 16.5 Å². The van der Waals surface area contributed by atoms with Gasteiger partial charge < -0.3 is 4.42 Å². The van der Waals surface area contributed by atoms with Crippen LogP contribution in [0, 0.1) is 26.6 Å². The lowest BCUT2D eigenvalue weighted by molar-refractivity contribution is 0.103. The first kappa shape index (κ1) is 13.6. The third-order valence-corrected chi connectivity index (χ3v) is 3.90. The number of hydrogen-bond donors (Lipinski definition) is 0. The van der Waals surface area contributed by atoms with Crippen molar-refractivity contribution in [3.8, 4) is 0 Å². The van der Waals surface area contributed by atoms with Crippen LogP contribution < -0.4 is 0 Å². The lowest BCUT2D eigenvalue weighted by Crippen LogP contribution is -2.05. The van der Waals surface area contributed by atoms with Gasteiger partial charge in [0.15, 0.2) is 5.78 Å². The lowest BCUT2D eigenvalue weighted by atomic mass is 9.95. The second-order valence-corrected chi connectivity index (χ2v) is 5.18. The standard InChI is InChI=1S/C18H15FO2/c1-10-11(2)21-12(3)17(10)18(20)15-8-9-16(19)14-7-5-4-6-13(14)15/h4-9H,1-3H3. The first-order chi connectivity index (χ1) is 10.0. The van der Waals surface area contributed by atoms with Crippen molar-refractivity contribution in [2.75, 3.05) is 0 Å². The van der Waals surface area contributed by atoms with E-state index in [4.69, 9.17) is 4.42 Å². The van der Waals surface area contributed by atoms with Crippen LogP contribution in [-0.2, 0) is 0 Å². The largest absolute Gasteiger partial charge is 0.466 e. The zero-order valence-corrected chi connectivity index (χ0v) is 12.2. The summed E-state index contributed by atoms with van der Waals surface area (Å²) >= 11 is 0. The average Bonchev–Trinajstić information content (AvgIpc) is 2.72. The smallest absolute Gasteiger partial charge is 0.197 e. The van der Waals surface area contributed by atoms with Gasteiger partial charge in [0.25, 0.3) is 0 Å². The number of hydrogen-bond acceptors (Lipinski definition) is 2. The van der Waals surface area contributed by atoms with Crippen LogP contribution in [0.5, 0.6) is 0 Å². The Balaban J connectivity index is 2.26. The van der Waals surface area contributed by atoms with E-state index < -0.39 is 0 Å². The molecule has 0 aliphatic carbocycles. The maximum atomic E-state index is 13.9. The van der Waals surface area contributed by atoms with Crippen molar-refractivity contribution < 1.29 is 13.6 Å². The predicted octanol–water partition coefficient (Wildman–Crippen LogP) is 4.73. The Kier molecular flexibility index (Phi) is 3.13. The van der Waals surface area contributed by atoms with Gasteiger partial charge in [-0.3, -0.25) is 4.79 Å². The highest BCUT2D eigenvalue weighted by molar-refractivity contribution is 6.17. The maximum absolute atomic E-state index is 13.9. The Morgan fingerprint density at radius 2 is 1.62 bits per heavy atom. The summed E-state index contributed by atoms with van der Waals surface area (Å²) in [5.41, 5.74) is 1.91. The van der Waals surface area contributed by atoms with Gasteiger partial charge in [0.1, 0.15) is 17.3 Å². The first-order valence-corrected chi connectivity index (χ1v) is 6.79. The number of ketones is 1. The number of halogens is 1. The zero-order valence-electron chi connectivity index (χ0n) is 12.2. The van der Waals surface area contributed by atoms with E-state index in [0.29, 0.717) is 27.7 Å². The predicted molar refractivity (Wildman–Crippen MR) is 80.3 cm³/mol. The van der Waals surface area contributed by atoms with Crippen LogP contribution in [0.1, 0.15) is 33.0 Å². The first-order valence-electron chi connectivity index (χ1n) is 6.79. The molecule has 0 aliphatic rings. The minimum absolute atomic E-state index is 0.127. The Labute approximate surface area is 122 Å². The molecule has 0 amide bonds. The molecular formula is C18H15FO2. The van der Waals surface area contributed by atoms with Crippen LogP contribution in [0.15, 0.2) is 40.8 Å². The Hall–Kier alpha value is -2.42. The molecule has 0 unspecified atom stereocenters. The average molecular weight is 282 g/mol. The van der Waals surface area contributed by atoms with Gasteiger partial charge in [0.2, 0.25) is 0 Å². The Morgan fingerprint density at radius 3 is 2.24 bits per heavy atom. The molecule has 3 rings (SSSR count). The van der Waals surface area contributed by atoms with E-state index in [0.717, 1.165) is 11.3 Å². The monoisotopic (exact) mass is 282 g/mol. The molecule has 2 aromatic carbocycles. The number of carbonyl (C=O) groups excluding carboxylic acids is 1. The molecule has 0 aliphatic heterocycles. The molecular weight excluding hydrogens is 267 g/mol. The van der Waals surface area contributed by atoms with Crippen LogP contribution in [0.2, 0.25) is 0 Å². The van der Waals surface area contributed by atoms with Gasteiger partial charge in [0.05, 0.1) is 5.56 Å². The quantitative estimate of drug-likeness (QED) is 0.636. The third kappa shape index (κ3) is 2.05. The zero-order chi connectivity index (χ0) is 15.1. The summed E-state index contributed by atoms with van der Waals surface area (Å²) in [6.07, 6.45) is 0. The van der Waals surface area contributed by atoms with Crippen molar-refractivity contribution in [2.24, 2.45) is 0 Å². The highest BCUT2D eigenvalue weighted by Crippen LogP contribution is 2.28. The fourth-order valence-corrected chi connectivity index (χ4v) is 2.72. The van der Waals surface area contributed by atoms with E-state index in [2.05, 4.69) is 0 Å². The van der Waals surface area contributed by atoms with Crippen LogP contribution in [-0.4, -0.2) is 5.78 Å². The maximum Gasteiger partial charge on any atom is 0.197 e. The highest BCUT2D eigenvalue weighted by Gasteiger charge is 2.22. The second kappa shape index (κ2) is 4.85. The van der Waals surface area contributed by atoms with Crippen molar-refractivity contribution in [2.45, 2.75) is 20.8 Å². The molecule has 0 atom stereocenters. The Morgan fingerprint density at radius 1 is 0.952 bits per heavy atom. The van der Waals surface area contributed by atoms with E-state index in [1.807, 2.05) is 13.8 Å². The summed E-state index contributed by atoms with van der Waals surface area (Å²) in [6, 6.07) is 9.90. The molecule has 0 fully saturated rings. The number of carbonyl (C=O) groups is 1. The molecule has 21 heavy (non-hydrogen) atoms.